The molecule has 2 N–H and O–H groups in total. The molecule has 13 heavy (non-hydrogen) atoms. The minimum absolute atomic E-state index is 0. The molecule has 2 nitrogen and oxygen atoms in total. The molecule has 0 saturated heterocycles. The van der Waals surface area contributed by atoms with Gasteiger partial charge in [-0.2, -0.15) is 0 Å². The topological polar surface area (TPSA) is 35.2 Å². The van der Waals surface area contributed by atoms with E-state index in [9.17, 15) is 0 Å². The zero-order valence-corrected chi connectivity index (χ0v) is 9.02. The molecule has 0 fully saturated rings. The van der Waals surface area contributed by atoms with Gasteiger partial charge in [-0.25, -0.2) is 0 Å². The van der Waals surface area contributed by atoms with Gasteiger partial charge in [-0.1, -0.05) is 17.7 Å². The molecule has 0 aromatic heterocycles. The first-order valence-electron chi connectivity index (χ1n) is 4.05. The summed E-state index contributed by atoms with van der Waals surface area (Å²) in [6.07, 6.45) is 0. The second-order valence-electron chi connectivity index (χ2n) is 3.03. The highest BCUT2D eigenvalue weighted by atomic mass is 35.5. The summed E-state index contributed by atoms with van der Waals surface area (Å²) in [5.41, 5.74) is 8.06. The Morgan fingerprint density at radius 3 is 2.46 bits per heavy atom. The van der Waals surface area contributed by atoms with Gasteiger partial charge in [0.1, 0.15) is 5.75 Å². The van der Waals surface area contributed by atoms with Crippen LogP contribution in [-0.2, 0) is 0 Å². The van der Waals surface area contributed by atoms with Gasteiger partial charge < -0.3 is 10.5 Å². The molecule has 0 unspecified atom stereocenters. The number of nitrogens with two attached hydrogens (primary N) is 1. The van der Waals surface area contributed by atoms with Gasteiger partial charge in [-0.3, -0.25) is 0 Å². The molecule has 0 aliphatic carbocycles. The van der Waals surface area contributed by atoms with E-state index in [1.807, 2.05) is 26.0 Å². The molecule has 1 rings (SSSR count). The predicted molar refractivity (Wildman–Crippen MR) is 57.6 cm³/mol. The Hall–Kier alpha value is -0.730. The van der Waals surface area contributed by atoms with Gasteiger partial charge in [0.05, 0.1) is 7.11 Å². The molecule has 0 bridgehead atoms. The first kappa shape index (κ1) is 12.3. The van der Waals surface area contributed by atoms with Crippen LogP contribution in [-0.4, -0.2) is 7.11 Å². The van der Waals surface area contributed by atoms with Crippen molar-refractivity contribution < 1.29 is 4.74 Å². The molecular weight excluding hydrogens is 186 g/mol. The monoisotopic (exact) mass is 201 g/mol. The summed E-state index contributed by atoms with van der Waals surface area (Å²) < 4.78 is 5.18. The lowest BCUT2D eigenvalue weighted by atomic mass is 10.1. The summed E-state index contributed by atoms with van der Waals surface area (Å²) in [4.78, 5) is 0. The van der Waals surface area contributed by atoms with Crippen LogP contribution in [0.3, 0.4) is 0 Å². The van der Waals surface area contributed by atoms with Gasteiger partial charge >= 0.3 is 0 Å². The number of rotatable bonds is 2. The zero-order valence-electron chi connectivity index (χ0n) is 8.20. The zero-order chi connectivity index (χ0) is 9.14. The Labute approximate surface area is 85.5 Å². The van der Waals surface area contributed by atoms with Crippen LogP contribution in [0.4, 0.5) is 0 Å². The first-order chi connectivity index (χ1) is 5.65. The van der Waals surface area contributed by atoms with Crippen LogP contribution < -0.4 is 10.5 Å². The molecule has 0 radical (unpaired) electrons. The summed E-state index contributed by atoms with van der Waals surface area (Å²) in [6.45, 7) is 4.00. The van der Waals surface area contributed by atoms with E-state index >= 15 is 0 Å². The molecule has 1 atom stereocenters. The number of halogens is 1. The quantitative estimate of drug-likeness (QED) is 0.798. The maximum atomic E-state index is 5.78. The number of benzene rings is 1. The third-order valence-corrected chi connectivity index (χ3v) is 1.88. The van der Waals surface area contributed by atoms with Crippen LogP contribution in [0.1, 0.15) is 24.1 Å². The van der Waals surface area contributed by atoms with Crippen molar-refractivity contribution in [3.8, 4) is 5.75 Å². The summed E-state index contributed by atoms with van der Waals surface area (Å²) in [7, 11) is 1.66. The Morgan fingerprint density at radius 2 is 2.00 bits per heavy atom. The van der Waals surface area contributed by atoms with E-state index in [1.165, 1.54) is 5.56 Å². The molecule has 0 amide bonds. The minimum Gasteiger partial charge on any atom is -0.496 e. The second kappa shape index (κ2) is 5.10. The third-order valence-electron chi connectivity index (χ3n) is 1.88. The fraction of sp³-hybridized carbons (Fsp3) is 0.400. The van der Waals surface area contributed by atoms with Crippen molar-refractivity contribution in [2.45, 2.75) is 19.9 Å². The lowest BCUT2D eigenvalue weighted by Gasteiger charge is -2.11. The van der Waals surface area contributed by atoms with E-state index in [4.69, 9.17) is 10.5 Å². The number of aryl methyl sites for hydroxylation is 1. The van der Waals surface area contributed by atoms with Crippen molar-refractivity contribution in [3.63, 3.8) is 0 Å². The molecule has 0 heterocycles. The van der Waals surface area contributed by atoms with E-state index in [0.29, 0.717) is 0 Å². The van der Waals surface area contributed by atoms with E-state index in [-0.39, 0.29) is 18.4 Å². The number of hydrogen-bond acceptors (Lipinski definition) is 2. The molecule has 0 spiro atoms. The first-order valence-corrected chi connectivity index (χ1v) is 4.05. The molecule has 1 aromatic rings. The molecule has 0 saturated carbocycles. The molecule has 3 heteroatoms. The number of methoxy groups -OCH3 is 1. The van der Waals surface area contributed by atoms with Crippen LogP contribution in [0.15, 0.2) is 18.2 Å². The summed E-state index contributed by atoms with van der Waals surface area (Å²) in [6, 6.07) is 6.06. The number of hydrogen-bond donors (Lipinski definition) is 1. The standard InChI is InChI=1S/C10H15NO.ClH/c1-7-4-5-10(12-3)9(6-7)8(2)11;/h4-6,8H,11H2,1-3H3;1H/t8-;/m0./s1. The van der Waals surface area contributed by atoms with Gasteiger partial charge in [0, 0.05) is 11.6 Å². The Balaban J connectivity index is 0.00000144. The molecule has 0 aliphatic rings. The van der Waals surface area contributed by atoms with Crippen molar-refractivity contribution in [3.05, 3.63) is 29.3 Å². The SMILES string of the molecule is COc1ccc(C)cc1[C@H](C)N.Cl. The lowest BCUT2D eigenvalue weighted by Crippen LogP contribution is -2.07. The highest BCUT2D eigenvalue weighted by Crippen LogP contribution is 2.24. The van der Waals surface area contributed by atoms with Gasteiger partial charge in [0.25, 0.3) is 0 Å². The fourth-order valence-electron chi connectivity index (χ4n) is 1.21. The van der Waals surface area contributed by atoms with Crippen LogP contribution >= 0.6 is 12.4 Å². The van der Waals surface area contributed by atoms with E-state index in [2.05, 4.69) is 6.07 Å². The lowest BCUT2D eigenvalue weighted by molar-refractivity contribution is 0.407. The van der Waals surface area contributed by atoms with Gasteiger partial charge in [-0.05, 0) is 19.9 Å². The summed E-state index contributed by atoms with van der Waals surface area (Å²) in [5.74, 6) is 0.871. The average Bonchev–Trinajstić information content (AvgIpc) is 2.04. The van der Waals surface area contributed by atoms with Crippen molar-refractivity contribution in [1.29, 1.82) is 0 Å². The predicted octanol–water partition coefficient (Wildman–Crippen LogP) is 2.45. The van der Waals surface area contributed by atoms with E-state index in [0.717, 1.165) is 11.3 Å². The van der Waals surface area contributed by atoms with Crippen molar-refractivity contribution in [2.75, 3.05) is 7.11 Å². The Morgan fingerprint density at radius 1 is 1.38 bits per heavy atom. The van der Waals surface area contributed by atoms with E-state index < -0.39 is 0 Å². The van der Waals surface area contributed by atoms with Crippen LogP contribution in [0.2, 0.25) is 0 Å². The van der Waals surface area contributed by atoms with Crippen LogP contribution in [0, 0.1) is 6.92 Å². The van der Waals surface area contributed by atoms with E-state index in [1.54, 1.807) is 7.11 Å². The minimum atomic E-state index is 0. The Bertz CT molecular complexity index is 274. The van der Waals surface area contributed by atoms with Crippen molar-refractivity contribution in [2.24, 2.45) is 5.73 Å². The average molecular weight is 202 g/mol. The summed E-state index contributed by atoms with van der Waals surface area (Å²) in [5, 5.41) is 0. The van der Waals surface area contributed by atoms with Crippen molar-refractivity contribution in [1.82, 2.24) is 0 Å². The highest BCUT2D eigenvalue weighted by molar-refractivity contribution is 5.85. The Kier molecular flexibility index (Phi) is 4.81. The molecular formula is C10H16ClNO. The molecule has 1 aromatic carbocycles. The fourth-order valence-corrected chi connectivity index (χ4v) is 1.21. The van der Waals surface area contributed by atoms with Crippen LogP contribution in [0.5, 0.6) is 5.75 Å². The molecule has 0 aliphatic heterocycles. The van der Waals surface area contributed by atoms with Crippen molar-refractivity contribution >= 4 is 12.4 Å². The maximum absolute atomic E-state index is 5.78. The van der Waals surface area contributed by atoms with Gasteiger partial charge in [-0.15, -0.1) is 12.4 Å². The second-order valence-corrected chi connectivity index (χ2v) is 3.03. The highest BCUT2D eigenvalue weighted by Gasteiger charge is 2.06. The largest absolute Gasteiger partial charge is 0.496 e. The van der Waals surface area contributed by atoms with Gasteiger partial charge in [0.2, 0.25) is 0 Å². The van der Waals surface area contributed by atoms with Gasteiger partial charge in [0.15, 0.2) is 0 Å². The smallest absolute Gasteiger partial charge is 0.123 e. The normalized spacial score (nSPS) is 11.7. The summed E-state index contributed by atoms with van der Waals surface area (Å²) >= 11 is 0. The molecule has 74 valence electrons. The third kappa shape index (κ3) is 2.90. The van der Waals surface area contributed by atoms with Crippen LogP contribution in [0.25, 0.3) is 0 Å². The maximum Gasteiger partial charge on any atom is 0.123 e. The number of ether oxygens (including phenoxy) is 1.